The highest BCUT2D eigenvalue weighted by Gasteiger charge is 2.34. The van der Waals surface area contributed by atoms with Crippen molar-refractivity contribution in [3.8, 4) is 11.5 Å². The number of ether oxygens (including phenoxy) is 2. The Hall–Kier alpha value is -3.76. The van der Waals surface area contributed by atoms with E-state index in [0.717, 1.165) is 4.31 Å². The number of anilines is 1. The van der Waals surface area contributed by atoms with E-state index in [-0.39, 0.29) is 28.8 Å². The van der Waals surface area contributed by atoms with Crippen molar-refractivity contribution in [2.75, 3.05) is 32.1 Å². The smallest absolute Gasteiger partial charge is 0.264 e. The largest absolute Gasteiger partial charge is 0.497 e. The van der Waals surface area contributed by atoms with Gasteiger partial charge in [0.05, 0.1) is 24.8 Å². The number of amides is 2. The number of benzene rings is 3. The molecule has 11 heteroatoms. The molecule has 3 aromatic carbocycles. The Balaban J connectivity index is 2.11. The number of rotatable bonds is 12. The van der Waals surface area contributed by atoms with Crippen LogP contribution in [0, 0.1) is 0 Å². The molecule has 0 saturated heterocycles. The predicted octanol–water partition coefficient (Wildman–Crippen LogP) is 4.11. The Morgan fingerprint density at radius 1 is 0.949 bits per heavy atom. The van der Waals surface area contributed by atoms with Crippen molar-refractivity contribution in [1.82, 2.24) is 10.2 Å². The van der Waals surface area contributed by atoms with Crippen LogP contribution in [-0.4, -0.2) is 59.0 Å². The van der Waals surface area contributed by atoms with Crippen LogP contribution in [0.15, 0.2) is 77.7 Å². The van der Waals surface area contributed by atoms with Crippen LogP contribution < -0.4 is 19.1 Å². The van der Waals surface area contributed by atoms with Crippen molar-refractivity contribution >= 4 is 39.1 Å². The number of halogens is 1. The van der Waals surface area contributed by atoms with Crippen LogP contribution in [-0.2, 0) is 26.2 Å². The van der Waals surface area contributed by atoms with Crippen LogP contribution in [0.25, 0.3) is 0 Å². The molecule has 0 heterocycles. The van der Waals surface area contributed by atoms with E-state index in [4.69, 9.17) is 21.1 Å². The van der Waals surface area contributed by atoms with Crippen molar-refractivity contribution in [1.29, 1.82) is 0 Å². The Bertz CT molecular complexity index is 1400. The quantitative estimate of drug-likeness (QED) is 0.350. The molecule has 0 aliphatic carbocycles. The van der Waals surface area contributed by atoms with Crippen LogP contribution in [0.2, 0.25) is 5.02 Å². The van der Waals surface area contributed by atoms with Crippen molar-refractivity contribution in [2.24, 2.45) is 0 Å². The first-order valence-corrected chi connectivity index (χ1v) is 14.0. The normalized spacial score (nSPS) is 11.8. The summed E-state index contributed by atoms with van der Waals surface area (Å²) in [6, 6.07) is 18.5. The molecule has 0 radical (unpaired) electrons. The number of likely N-dealkylation sites (N-methyl/N-ethyl adjacent to an activating group) is 1. The number of nitrogens with one attached hydrogen (secondary N) is 1. The molecule has 0 fully saturated rings. The fraction of sp³-hybridized carbons (Fsp3) is 0.286. The summed E-state index contributed by atoms with van der Waals surface area (Å²) in [6.45, 7) is 1.19. The lowest BCUT2D eigenvalue weighted by molar-refractivity contribution is -0.140. The van der Waals surface area contributed by atoms with E-state index >= 15 is 0 Å². The van der Waals surface area contributed by atoms with E-state index in [1.165, 1.54) is 50.4 Å². The lowest BCUT2D eigenvalue weighted by Gasteiger charge is -2.33. The monoisotopic (exact) mass is 573 g/mol. The lowest BCUT2D eigenvalue weighted by atomic mass is 10.1. The molecule has 0 aliphatic rings. The topological polar surface area (TPSA) is 105 Å². The second kappa shape index (κ2) is 13.3. The van der Waals surface area contributed by atoms with Crippen molar-refractivity contribution in [2.45, 2.75) is 30.8 Å². The van der Waals surface area contributed by atoms with Crippen molar-refractivity contribution in [3.05, 3.63) is 83.4 Å². The van der Waals surface area contributed by atoms with Gasteiger partial charge in [0.1, 0.15) is 24.1 Å². The van der Waals surface area contributed by atoms with Gasteiger partial charge in [-0.2, -0.15) is 0 Å². The summed E-state index contributed by atoms with van der Waals surface area (Å²) >= 11 is 6.38. The van der Waals surface area contributed by atoms with Gasteiger partial charge in [0.15, 0.2) is 0 Å². The fourth-order valence-corrected chi connectivity index (χ4v) is 5.74. The minimum atomic E-state index is -4.26. The van der Waals surface area contributed by atoms with E-state index in [9.17, 15) is 18.0 Å². The summed E-state index contributed by atoms with van der Waals surface area (Å²) in [4.78, 5) is 28.1. The molecule has 39 heavy (non-hydrogen) atoms. The molecule has 0 saturated carbocycles. The maximum atomic E-state index is 14.0. The minimum absolute atomic E-state index is 0.00673. The van der Waals surface area contributed by atoms with Crippen molar-refractivity contribution in [3.63, 3.8) is 0 Å². The second-order valence-electron chi connectivity index (χ2n) is 8.51. The maximum Gasteiger partial charge on any atom is 0.264 e. The fourth-order valence-electron chi connectivity index (χ4n) is 4.12. The average Bonchev–Trinajstić information content (AvgIpc) is 2.96. The Labute approximate surface area is 234 Å². The van der Waals surface area contributed by atoms with Crippen LogP contribution in [0.3, 0.4) is 0 Å². The third-order valence-electron chi connectivity index (χ3n) is 6.21. The summed E-state index contributed by atoms with van der Waals surface area (Å²) in [6.07, 6.45) is 0.301. The molecule has 3 aromatic rings. The van der Waals surface area contributed by atoms with Gasteiger partial charge in [-0.05, 0) is 54.4 Å². The van der Waals surface area contributed by atoms with Crippen LogP contribution in [0.5, 0.6) is 11.5 Å². The van der Waals surface area contributed by atoms with Crippen molar-refractivity contribution < 1.29 is 27.5 Å². The lowest BCUT2D eigenvalue weighted by Crippen LogP contribution is -2.51. The molecule has 0 unspecified atom stereocenters. The number of carbonyl (C=O) groups excluding carboxylic acids is 2. The molecule has 0 spiro atoms. The number of hydrogen-bond donors (Lipinski definition) is 1. The van der Waals surface area contributed by atoms with E-state index in [2.05, 4.69) is 5.32 Å². The zero-order chi connectivity index (χ0) is 28.6. The van der Waals surface area contributed by atoms with Gasteiger partial charge < -0.3 is 19.7 Å². The first-order chi connectivity index (χ1) is 18.7. The summed E-state index contributed by atoms with van der Waals surface area (Å²) in [5.74, 6) is -0.220. The third-order valence-corrected chi connectivity index (χ3v) is 8.35. The molecule has 9 nitrogen and oxygen atoms in total. The molecule has 3 rings (SSSR count). The van der Waals surface area contributed by atoms with E-state index < -0.39 is 28.5 Å². The number of hydrogen-bond acceptors (Lipinski definition) is 6. The standard InChI is InChI=1S/C28H32ClN3O6S/c1-5-24(28(34)30-2)31(18-20-10-6-7-11-23(20)29)27(33)19-32(25-12-8-9-13-26(25)38-4)39(35,36)22-16-14-21(37-3)15-17-22/h6-17,24H,5,18-19H2,1-4H3,(H,30,34)/t24-/m1/s1. The molecular formula is C28H32ClN3O6S. The molecule has 208 valence electrons. The molecule has 1 N–H and O–H groups in total. The van der Waals surface area contributed by atoms with Gasteiger partial charge in [0.25, 0.3) is 10.0 Å². The Morgan fingerprint density at radius 3 is 2.18 bits per heavy atom. The molecular weight excluding hydrogens is 542 g/mol. The van der Waals surface area contributed by atoms with E-state index in [1.807, 2.05) is 0 Å². The van der Waals surface area contributed by atoms with Gasteiger partial charge in [-0.25, -0.2) is 8.42 Å². The molecule has 2 amide bonds. The first kappa shape index (κ1) is 29.8. The van der Waals surface area contributed by atoms with E-state index in [0.29, 0.717) is 22.8 Å². The number of sulfonamides is 1. The molecule has 1 atom stereocenters. The van der Waals surface area contributed by atoms with Gasteiger partial charge >= 0.3 is 0 Å². The van der Waals surface area contributed by atoms with Gasteiger partial charge in [0.2, 0.25) is 11.8 Å². The van der Waals surface area contributed by atoms with Crippen LogP contribution >= 0.6 is 11.6 Å². The third kappa shape index (κ3) is 6.82. The highest BCUT2D eigenvalue weighted by atomic mass is 35.5. The molecule has 0 bridgehead atoms. The highest BCUT2D eigenvalue weighted by Crippen LogP contribution is 2.33. The number of nitrogens with zero attached hydrogens (tertiary/aromatic N) is 2. The second-order valence-corrected chi connectivity index (χ2v) is 10.8. The van der Waals surface area contributed by atoms with Crippen LogP contribution in [0.4, 0.5) is 5.69 Å². The number of carbonyl (C=O) groups is 2. The number of methoxy groups -OCH3 is 2. The molecule has 0 aliphatic heterocycles. The zero-order valence-corrected chi connectivity index (χ0v) is 23.8. The SMILES string of the molecule is CC[C@H](C(=O)NC)N(Cc1ccccc1Cl)C(=O)CN(c1ccccc1OC)S(=O)(=O)c1ccc(OC)cc1. The van der Waals surface area contributed by atoms with Gasteiger partial charge in [-0.3, -0.25) is 13.9 Å². The summed E-state index contributed by atoms with van der Waals surface area (Å²) < 4.78 is 39.5. The maximum absolute atomic E-state index is 14.0. The summed E-state index contributed by atoms with van der Waals surface area (Å²) in [5.41, 5.74) is 0.798. The average molecular weight is 574 g/mol. The predicted molar refractivity (Wildman–Crippen MR) is 151 cm³/mol. The van der Waals surface area contributed by atoms with Gasteiger partial charge in [-0.1, -0.05) is 48.9 Å². The number of para-hydroxylation sites is 2. The Kier molecular flexibility index (Phi) is 10.2. The zero-order valence-electron chi connectivity index (χ0n) is 22.3. The summed E-state index contributed by atoms with van der Waals surface area (Å²) in [7, 11) is 0.126. The molecule has 0 aromatic heterocycles. The van der Waals surface area contributed by atoms with Crippen LogP contribution in [0.1, 0.15) is 18.9 Å². The summed E-state index contributed by atoms with van der Waals surface area (Å²) in [5, 5.41) is 3.02. The first-order valence-electron chi connectivity index (χ1n) is 12.2. The van der Waals surface area contributed by atoms with Gasteiger partial charge in [-0.15, -0.1) is 0 Å². The minimum Gasteiger partial charge on any atom is -0.497 e. The van der Waals surface area contributed by atoms with E-state index in [1.54, 1.807) is 55.5 Å². The van der Waals surface area contributed by atoms with Gasteiger partial charge in [0, 0.05) is 18.6 Å². The Morgan fingerprint density at radius 2 is 1.59 bits per heavy atom. The highest BCUT2D eigenvalue weighted by molar-refractivity contribution is 7.92.